The van der Waals surface area contributed by atoms with Crippen molar-refractivity contribution in [3.8, 4) is 0 Å². The minimum absolute atomic E-state index is 0.0229. The third kappa shape index (κ3) is 1.82. The number of nitrogens with one attached hydrogen (secondary N) is 1. The molecule has 2 aliphatic heterocycles. The van der Waals surface area contributed by atoms with Crippen LogP contribution in [0.2, 0.25) is 0 Å². The smallest absolute Gasteiger partial charge is 0.246 e. The zero-order chi connectivity index (χ0) is 14.4. The van der Waals surface area contributed by atoms with Crippen molar-refractivity contribution >= 4 is 22.8 Å². The first kappa shape index (κ1) is 12.4. The molecule has 0 saturated carbocycles. The Kier molecular flexibility index (Phi) is 2.70. The third-order valence-electron chi connectivity index (χ3n) is 4.64. The molecule has 6 nitrogen and oxygen atoms in total. The fourth-order valence-corrected chi connectivity index (χ4v) is 3.46. The summed E-state index contributed by atoms with van der Waals surface area (Å²) in [6.07, 6.45) is 5.94. The Balaban J connectivity index is 1.61. The molecule has 0 bridgehead atoms. The molecule has 2 saturated heterocycles. The van der Waals surface area contributed by atoms with Crippen LogP contribution in [0.25, 0.3) is 11.0 Å². The minimum atomic E-state index is 0.0229. The maximum Gasteiger partial charge on any atom is 0.246 e. The summed E-state index contributed by atoms with van der Waals surface area (Å²) in [6, 6.07) is 2.36. The number of fused-ring (bicyclic) bond motifs is 2. The molecule has 4 heterocycles. The van der Waals surface area contributed by atoms with Crippen LogP contribution in [0.1, 0.15) is 6.42 Å². The number of anilines is 1. The molecular formula is C15H17N5O. The van der Waals surface area contributed by atoms with E-state index in [4.69, 9.17) is 0 Å². The number of carbonyl (C=O) groups excluding carboxylic acids is 1. The summed E-state index contributed by atoms with van der Waals surface area (Å²) in [5, 5.41) is 1.04. The van der Waals surface area contributed by atoms with Crippen LogP contribution < -0.4 is 4.90 Å². The van der Waals surface area contributed by atoms with Gasteiger partial charge in [0, 0.05) is 31.7 Å². The van der Waals surface area contributed by atoms with E-state index in [-0.39, 0.29) is 5.91 Å². The van der Waals surface area contributed by atoms with Crippen molar-refractivity contribution in [3.05, 3.63) is 31.2 Å². The molecule has 0 spiro atoms. The summed E-state index contributed by atoms with van der Waals surface area (Å²) in [6.45, 7) is 6.18. The second kappa shape index (κ2) is 4.58. The number of hydrogen-bond donors (Lipinski definition) is 1. The van der Waals surface area contributed by atoms with E-state index in [2.05, 4.69) is 26.4 Å². The van der Waals surface area contributed by atoms with E-state index in [0.717, 1.165) is 42.9 Å². The van der Waals surface area contributed by atoms with Crippen LogP contribution in [-0.2, 0) is 4.79 Å². The van der Waals surface area contributed by atoms with Gasteiger partial charge in [-0.1, -0.05) is 6.58 Å². The van der Waals surface area contributed by atoms with Gasteiger partial charge >= 0.3 is 0 Å². The first-order valence-corrected chi connectivity index (χ1v) is 7.24. The number of rotatable bonds is 2. The van der Waals surface area contributed by atoms with E-state index in [1.54, 1.807) is 6.33 Å². The molecule has 1 N–H and O–H groups in total. The molecule has 0 aliphatic carbocycles. The maximum absolute atomic E-state index is 11.8. The first-order valence-electron chi connectivity index (χ1n) is 7.24. The van der Waals surface area contributed by atoms with Crippen molar-refractivity contribution in [2.75, 3.05) is 24.5 Å². The number of nitrogens with zero attached hydrogens (tertiary/aromatic N) is 4. The van der Waals surface area contributed by atoms with Gasteiger partial charge in [-0.3, -0.25) is 4.79 Å². The van der Waals surface area contributed by atoms with Gasteiger partial charge in [-0.05, 0) is 18.6 Å². The van der Waals surface area contributed by atoms with Crippen molar-refractivity contribution in [1.29, 1.82) is 0 Å². The van der Waals surface area contributed by atoms with Gasteiger partial charge in [0.1, 0.15) is 17.8 Å². The summed E-state index contributed by atoms with van der Waals surface area (Å²) in [4.78, 5) is 27.8. The number of aromatic nitrogens is 3. The molecule has 108 valence electrons. The fraction of sp³-hybridized carbons (Fsp3) is 0.400. The molecule has 6 heteroatoms. The summed E-state index contributed by atoms with van der Waals surface area (Å²) in [7, 11) is 0. The predicted molar refractivity (Wildman–Crippen MR) is 79.9 cm³/mol. The number of piperidine rings is 1. The number of H-pyrrole nitrogens is 1. The van der Waals surface area contributed by atoms with Gasteiger partial charge in [0.05, 0.1) is 11.4 Å². The van der Waals surface area contributed by atoms with E-state index in [9.17, 15) is 4.79 Å². The average Bonchev–Trinajstić information content (AvgIpc) is 2.97. The second-order valence-electron chi connectivity index (χ2n) is 5.69. The number of aromatic amines is 1. The van der Waals surface area contributed by atoms with Gasteiger partial charge in [0.2, 0.25) is 5.91 Å². The Labute approximate surface area is 122 Å². The topological polar surface area (TPSA) is 65.1 Å². The molecule has 2 aromatic rings. The van der Waals surface area contributed by atoms with E-state index in [1.165, 1.54) is 6.08 Å². The Hall–Kier alpha value is -2.37. The van der Waals surface area contributed by atoms with E-state index in [1.807, 2.05) is 17.2 Å². The number of amides is 1. The maximum atomic E-state index is 11.8. The van der Waals surface area contributed by atoms with Crippen molar-refractivity contribution in [1.82, 2.24) is 19.9 Å². The molecule has 1 amide bonds. The Morgan fingerprint density at radius 1 is 1.43 bits per heavy atom. The molecule has 0 unspecified atom stereocenters. The lowest BCUT2D eigenvalue weighted by molar-refractivity contribution is -0.128. The predicted octanol–water partition coefficient (Wildman–Crippen LogP) is 1.18. The van der Waals surface area contributed by atoms with Crippen LogP contribution in [0.4, 0.5) is 5.82 Å². The van der Waals surface area contributed by atoms with Gasteiger partial charge < -0.3 is 14.8 Å². The van der Waals surface area contributed by atoms with Crippen LogP contribution in [0.5, 0.6) is 0 Å². The van der Waals surface area contributed by atoms with Crippen molar-refractivity contribution in [3.63, 3.8) is 0 Å². The molecule has 2 aromatic heterocycles. The highest BCUT2D eigenvalue weighted by molar-refractivity contribution is 5.89. The van der Waals surface area contributed by atoms with Gasteiger partial charge in [-0.2, -0.15) is 0 Å². The molecule has 2 atom stereocenters. The zero-order valence-corrected chi connectivity index (χ0v) is 11.7. The van der Waals surface area contributed by atoms with Crippen molar-refractivity contribution in [2.45, 2.75) is 12.5 Å². The van der Waals surface area contributed by atoms with Crippen molar-refractivity contribution in [2.24, 2.45) is 5.92 Å². The van der Waals surface area contributed by atoms with Crippen LogP contribution in [0.15, 0.2) is 31.2 Å². The fourth-order valence-electron chi connectivity index (χ4n) is 3.46. The molecule has 21 heavy (non-hydrogen) atoms. The number of likely N-dealkylation sites (tertiary alicyclic amines) is 1. The summed E-state index contributed by atoms with van der Waals surface area (Å²) in [5.74, 6) is 1.65. The average molecular weight is 283 g/mol. The minimum Gasteiger partial charge on any atom is -0.350 e. The normalized spacial score (nSPS) is 24.6. The van der Waals surface area contributed by atoms with E-state index in [0.29, 0.717) is 12.0 Å². The molecule has 2 fully saturated rings. The second-order valence-corrected chi connectivity index (χ2v) is 5.69. The lowest BCUT2D eigenvalue weighted by Crippen LogP contribution is -2.65. The summed E-state index contributed by atoms with van der Waals surface area (Å²) < 4.78 is 0. The number of carbonyl (C=O) groups is 1. The Bertz CT molecular complexity index is 709. The van der Waals surface area contributed by atoms with E-state index >= 15 is 0 Å². The largest absolute Gasteiger partial charge is 0.350 e. The highest BCUT2D eigenvalue weighted by Gasteiger charge is 2.44. The first-order chi connectivity index (χ1) is 10.3. The lowest BCUT2D eigenvalue weighted by Gasteiger charge is -2.54. The molecular weight excluding hydrogens is 266 g/mol. The molecule has 0 radical (unpaired) electrons. The quantitative estimate of drug-likeness (QED) is 0.841. The highest BCUT2D eigenvalue weighted by Crippen LogP contribution is 2.37. The van der Waals surface area contributed by atoms with Gasteiger partial charge in [-0.25, -0.2) is 9.97 Å². The molecule has 2 aliphatic rings. The van der Waals surface area contributed by atoms with Gasteiger partial charge in [0.15, 0.2) is 0 Å². The third-order valence-corrected chi connectivity index (χ3v) is 4.64. The van der Waals surface area contributed by atoms with Crippen molar-refractivity contribution < 1.29 is 4.79 Å². The molecule has 0 aromatic carbocycles. The molecule has 4 rings (SSSR count). The van der Waals surface area contributed by atoms with Crippen LogP contribution in [0, 0.1) is 5.92 Å². The summed E-state index contributed by atoms with van der Waals surface area (Å²) >= 11 is 0. The Morgan fingerprint density at radius 2 is 2.33 bits per heavy atom. The standard InChI is InChI=1S/C15H17N5O/c1-2-13(21)19-6-4-10-7-20(12(10)8-19)15-11-3-5-16-14(11)17-9-18-15/h2-3,5,9-10,12H,1,4,6-8H2,(H,16,17,18)/t10-,12-/m0/s1. The van der Waals surface area contributed by atoms with Gasteiger partial charge in [-0.15, -0.1) is 0 Å². The SMILES string of the molecule is C=CC(=O)N1CC[C@H]2CN(c3ncnc4[nH]ccc34)[C@H]2C1. The van der Waals surface area contributed by atoms with Crippen LogP contribution in [0.3, 0.4) is 0 Å². The number of hydrogen-bond acceptors (Lipinski definition) is 4. The van der Waals surface area contributed by atoms with Gasteiger partial charge in [0.25, 0.3) is 0 Å². The lowest BCUT2D eigenvalue weighted by atomic mass is 9.82. The zero-order valence-electron chi connectivity index (χ0n) is 11.7. The van der Waals surface area contributed by atoms with Crippen LogP contribution >= 0.6 is 0 Å². The Morgan fingerprint density at radius 3 is 3.19 bits per heavy atom. The van der Waals surface area contributed by atoms with E-state index < -0.39 is 0 Å². The monoisotopic (exact) mass is 283 g/mol. The van der Waals surface area contributed by atoms with Crippen LogP contribution in [-0.4, -0.2) is 51.4 Å². The highest BCUT2D eigenvalue weighted by atomic mass is 16.2. The summed E-state index contributed by atoms with van der Waals surface area (Å²) in [5.41, 5.74) is 0.860.